The van der Waals surface area contributed by atoms with Crippen molar-refractivity contribution in [3.05, 3.63) is 59.2 Å². The second kappa shape index (κ2) is 8.05. The molecule has 4 rings (SSSR count). The van der Waals surface area contributed by atoms with E-state index in [1.54, 1.807) is 0 Å². The highest BCUT2D eigenvalue weighted by Crippen LogP contribution is 2.32. The van der Waals surface area contributed by atoms with Gasteiger partial charge in [0.05, 0.1) is 5.56 Å². The van der Waals surface area contributed by atoms with Gasteiger partial charge in [0.15, 0.2) is 0 Å². The molecule has 138 valence electrons. The number of ketones is 1. The van der Waals surface area contributed by atoms with Crippen molar-refractivity contribution in [2.24, 2.45) is 17.8 Å². The van der Waals surface area contributed by atoms with Crippen LogP contribution in [0.2, 0.25) is 0 Å². The predicted octanol–water partition coefficient (Wildman–Crippen LogP) is 4.38. The summed E-state index contributed by atoms with van der Waals surface area (Å²) in [5.74, 6) is 9.29. The monoisotopic (exact) mass is 358 g/mol. The molecule has 2 aliphatic rings. The highest BCUT2D eigenvalue weighted by atomic mass is 16.1. The average molecular weight is 358 g/mol. The van der Waals surface area contributed by atoms with Crippen LogP contribution in [0.25, 0.3) is 0 Å². The lowest BCUT2D eigenvalue weighted by Crippen LogP contribution is -2.09. The molecule has 1 aromatic heterocycles. The summed E-state index contributed by atoms with van der Waals surface area (Å²) in [6, 6.07) is 8.36. The molecule has 1 heterocycles. The minimum absolute atomic E-state index is 0.372. The summed E-state index contributed by atoms with van der Waals surface area (Å²) < 4.78 is 0. The Balaban J connectivity index is 1.30. The number of rotatable bonds is 7. The zero-order chi connectivity index (χ0) is 18.6. The molecular weight excluding hydrogens is 332 g/mol. The van der Waals surface area contributed by atoms with E-state index < -0.39 is 0 Å². The molecule has 1 atom stereocenters. The predicted molar refractivity (Wildman–Crippen MR) is 106 cm³/mol. The molecule has 0 radical (unpaired) electrons. The van der Waals surface area contributed by atoms with Gasteiger partial charge in [0.25, 0.3) is 0 Å². The maximum absolute atomic E-state index is 11.9. The van der Waals surface area contributed by atoms with Crippen LogP contribution in [0.4, 0.5) is 0 Å². The van der Waals surface area contributed by atoms with E-state index in [1.807, 2.05) is 12.4 Å². The van der Waals surface area contributed by atoms with Gasteiger partial charge in [-0.15, -0.1) is 0 Å². The molecule has 2 aromatic rings. The summed E-state index contributed by atoms with van der Waals surface area (Å²) in [5.41, 5.74) is 3.11. The van der Waals surface area contributed by atoms with Crippen molar-refractivity contribution in [2.75, 3.05) is 0 Å². The first-order chi connectivity index (χ1) is 13.2. The first-order valence-electron chi connectivity index (χ1n) is 10.1. The van der Waals surface area contributed by atoms with Crippen LogP contribution >= 0.6 is 0 Å². The van der Waals surface area contributed by atoms with Crippen molar-refractivity contribution in [3.63, 3.8) is 0 Å². The van der Waals surface area contributed by atoms with Crippen LogP contribution in [-0.2, 0) is 17.6 Å². The number of carbonyl (C=O) groups is 1. The van der Waals surface area contributed by atoms with E-state index in [9.17, 15) is 4.79 Å². The molecule has 0 spiro atoms. The minimum atomic E-state index is 0.372. The van der Waals surface area contributed by atoms with Gasteiger partial charge in [0.1, 0.15) is 11.6 Å². The van der Waals surface area contributed by atoms with E-state index in [-0.39, 0.29) is 0 Å². The second-order valence-electron chi connectivity index (χ2n) is 8.24. The molecule has 0 aliphatic heterocycles. The first-order valence-corrected chi connectivity index (χ1v) is 10.1. The number of hydrogen-bond acceptors (Lipinski definition) is 3. The number of aromatic nitrogens is 2. The van der Waals surface area contributed by atoms with Gasteiger partial charge < -0.3 is 0 Å². The maximum Gasteiger partial charge on any atom is 0.136 e. The average Bonchev–Trinajstić information content (AvgIpc) is 3.56. The lowest BCUT2D eigenvalue weighted by molar-refractivity contribution is -0.121. The molecule has 1 unspecified atom stereocenters. The quantitative estimate of drug-likeness (QED) is 0.690. The molecule has 0 N–H and O–H groups in total. The van der Waals surface area contributed by atoms with Gasteiger partial charge in [-0.1, -0.05) is 30.9 Å². The Morgan fingerprint density at radius 1 is 1.04 bits per heavy atom. The van der Waals surface area contributed by atoms with Crippen molar-refractivity contribution in [3.8, 4) is 11.8 Å². The third-order valence-electron chi connectivity index (χ3n) is 5.35. The van der Waals surface area contributed by atoms with Crippen LogP contribution < -0.4 is 0 Å². The second-order valence-corrected chi connectivity index (χ2v) is 8.24. The standard InChI is InChI=1S/C24H26N2O/c1-17(13-23(27)22-10-11-22)12-19-5-2-18(3-6-19)4-9-21-15-25-24(26-16-21)14-20-7-8-20/h2-3,5-6,15-17,20,22H,7-8,10-14H2,1H3. The fourth-order valence-electron chi connectivity index (χ4n) is 3.36. The molecule has 0 saturated heterocycles. The van der Waals surface area contributed by atoms with Gasteiger partial charge >= 0.3 is 0 Å². The van der Waals surface area contributed by atoms with Crippen LogP contribution in [0.1, 0.15) is 61.5 Å². The zero-order valence-corrected chi connectivity index (χ0v) is 15.9. The molecule has 1 aromatic carbocycles. The topological polar surface area (TPSA) is 42.9 Å². The molecule has 3 nitrogen and oxygen atoms in total. The number of hydrogen-bond donors (Lipinski definition) is 0. The van der Waals surface area contributed by atoms with E-state index in [1.165, 1.54) is 18.4 Å². The summed E-state index contributed by atoms with van der Waals surface area (Å²) in [7, 11) is 0. The number of Topliss-reactive ketones (excluding diaryl/α,β-unsaturated/α-hetero) is 1. The van der Waals surface area contributed by atoms with Gasteiger partial charge in [-0.3, -0.25) is 4.79 Å². The van der Waals surface area contributed by atoms with Gasteiger partial charge in [-0.05, 0) is 61.6 Å². The molecule has 0 amide bonds. The lowest BCUT2D eigenvalue weighted by Gasteiger charge is -2.10. The Kier molecular flexibility index (Phi) is 5.34. The van der Waals surface area contributed by atoms with Crippen LogP contribution in [0.15, 0.2) is 36.7 Å². The van der Waals surface area contributed by atoms with E-state index >= 15 is 0 Å². The first kappa shape index (κ1) is 17.9. The van der Waals surface area contributed by atoms with E-state index in [0.717, 1.165) is 48.6 Å². The molecular formula is C24H26N2O. The number of nitrogens with zero attached hydrogens (tertiary/aromatic N) is 2. The summed E-state index contributed by atoms with van der Waals surface area (Å²) in [4.78, 5) is 20.8. The maximum atomic E-state index is 11.9. The normalized spacial score (nSPS) is 17.1. The fourth-order valence-corrected chi connectivity index (χ4v) is 3.36. The number of carbonyl (C=O) groups excluding carboxylic acids is 1. The third kappa shape index (κ3) is 5.50. The van der Waals surface area contributed by atoms with Crippen molar-refractivity contribution in [2.45, 2.75) is 51.9 Å². The van der Waals surface area contributed by atoms with Gasteiger partial charge in [0.2, 0.25) is 0 Å². The van der Waals surface area contributed by atoms with E-state index in [4.69, 9.17) is 0 Å². The lowest BCUT2D eigenvalue weighted by atomic mass is 9.94. The van der Waals surface area contributed by atoms with Crippen molar-refractivity contribution in [1.82, 2.24) is 9.97 Å². The van der Waals surface area contributed by atoms with Crippen LogP contribution in [0.3, 0.4) is 0 Å². The Labute approximate surface area is 161 Å². The Hall–Kier alpha value is -2.47. The molecule has 27 heavy (non-hydrogen) atoms. The zero-order valence-electron chi connectivity index (χ0n) is 15.9. The molecule has 0 bridgehead atoms. The van der Waals surface area contributed by atoms with Crippen molar-refractivity contribution < 1.29 is 4.79 Å². The smallest absolute Gasteiger partial charge is 0.136 e. The van der Waals surface area contributed by atoms with Gasteiger partial charge in [0, 0.05) is 36.7 Å². The molecule has 2 fully saturated rings. The van der Waals surface area contributed by atoms with Crippen LogP contribution in [0, 0.1) is 29.6 Å². The molecule has 3 heteroatoms. The van der Waals surface area contributed by atoms with Crippen LogP contribution in [-0.4, -0.2) is 15.8 Å². The Morgan fingerprint density at radius 3 is 2.33 bits per heavy atom. The fraction of sp³-hybridized carbons (Fsp3) is 0.458. The van der Waals surface area contributed by atoms with Gasteiger partial charge in [-0.2, -0.15) is 0 Å². The Morgan fingerprint density at radius 2 is 1.70 bits per heavy atom. The highest BCUT2D eigenvalue weighted by Gasteiger charge is 2.29. The SMILES string of the molecule is CC(CC(=O)C1CC1)Cc1ccc(C#Cc2cnc(CC3CC3)nc2)cc1. The Bertz CT molecular complexity index is 850. The van der Waals surface area contributed by atoms with Crippen LogP contribution in [0.5, 0.6) is 0 Å². The molecule has 2 aliphatic carbocycles. The largest absolute Gasteiger partial charge is 0.299 e. The number of benzene rings is 1. The van der Waals surface area contributed by atoms with Gasteiger partial charge in [-0.25, -0.2) is 9.97 Å². The molecule has 2 saturated carbocycles. The van der Waals surface area contributed by atoms with Crippen molar-refractivity contribution in [1.29, 1.82) is 0 Å². The summed E-state index contributed by atoms with van der Waals surface area (Å²) in [6.45, 7) is 2.17. The van der Waals surface area contributed by atoms with E-state index in [2.05, 4.69) is 53.0 Å². The summed E-state index contributed by atoms with van der Waals surface area (Å²) in [5, 5.41) is 0. The minimum Gasteiger partial charge on any atom is -0.299 e. The van der Waals surface area contributed by atoms with Crippen molar-refractivity contribution >= 4 is 5.78 Å². The highest BCUT2D eigenvalue weighted by molar-refractivity contribution is 5.83. The van der Waals surface area contributed by atoms with E-state index in [0.29, 0.717) is 24.0 Å². The summed E-state index contributed by atoms with van der Waals surface area (Å²) in [6.07, 6.45) is 11.1. The summed E-state index contributed by atoms with van der Waals surface area (Å²) >= 11 is 0. The third-order valence-corrected chi connectivity index (χ3v) is 5.35.